The van der Waals surface area contributed by atoms with E-state index in [-0.39, 0.29) is 41.6 Å². The molecule has 0 unspecified atom stereocenters. The van der Waals surface area contributed by atoms with Gasteiger partial charge in [-0.3, -0.25) is 14.5 Å². The molecule has 0 N–H and O–H groups in total. The Morgan fingerprint density at radius 3 is 2.32 bits per heavy atom. The molecular formula is C20H21NO4. The van der Waals surface area contributed by atoms with E-state index in [1.165, 1.54) is 4.90 Å². The maximum absolute atomic E-state index is 12.8. The topological polar surface area (TPSA) is 55.8 Å². The molecule has 5 atom stereocenters. The number of fused-ring (bicyclic) bond motifs is 5. The number of rotatable bonds is 4. The number of carbonyl (C=O) groups excluding carboxylic acids is 2. The highest BCUT2D eigenvalue weighted by molar-refractivity contribution is 6.22. The first kappa shape index (κ1) is 15.1. The summed E-state index contributed by atoms with van der Waals surface area (Å²) in [6.07, 6.45) is 7.48. The van der Waals surface area contributed by atoms with Gasteiger partial charge in [-0.2, -0.15) is 0 Å². The number of imide groups is 1. The lowest BCUT2D eigenvalue weighted by atomic mass is 9.85. The van der Waals surface area contributed by atoms with E-state index in [9.17, 15) is 9.59 Å². The molecule has 4 aliphatic rings. The van der Waals surface area contributed by atoms with Crippen LogP contribution in [-0.4, -0.2) is 31.1 Å². The van der Waals surface area contributed by atoms with E-state index >= 15 is 0 Å². The summed E-state index contributed by atoms with van der Waals surface area (Å²) in [6.45, 7) is 1.35. The van der Waals surface area contributed by atoms with Crippen LogP contribution in [0.15, 0.2) is 36.4 Å². The molecular weight excluding hydrogens is 318 g/mol. The van der Waals surface area contributed by atoms with E-state index in [0.717, 1.165) is 31.6 Å². The third-order valence-corrected chi connectivity index (χ3v) is 6.03. The molecule has 5 rings (SSSR count). The van der Waals surface area contributed by atoms with Gasteiger partial charge in [-0.25, -0.2) is 0 Å². The number of benzene rings is 1. The average molecular weight is 339 g/mol. The van der Waals surface area contributed by atoms with Crippen molar-refractivity contribution in [3.05, 3.63) is 36.4 Å². The average Bonchev–Trinajstić information content (AvgIpc) is 3.39. The van der Waals surface area contributed by atoms with E-state index in [4.69, 9.17) is 9.47 Å². The summed E-state index contributed by atoms with van der Waals surface area (Å²) in [5, 5.41) is 0. The van der Waals surface area contributed by atoms with Gasteiger partial charge in [-0.05, 0) is 55.4 Å². The Balaban J connectivity index is 1.30. The molecule has 2 heterocycles. The van der Waals surface area contributed by atoms with Crippen molar-refractivity contribution in [1.29, 1.82) is 0 Å². The van der Waals surface area contributed by atoms with Crippen LogP contribution in [0.5, 0.6) is 5.75 Å². The van der Waals surface area contributed by atoms with Gasteiger partial charge in [0.2, 0.25) is 11.8 Å². The minimum absolute atomic E-state index is 0.0418. The normalized spacial score (nSPS) is 35.7. The highest BCUT2D eigenvalue weighted by Crippen LogP contribution is 2.53. The van der Waals surface area contributed by atoms with Crippen molar-refractivity contribution in [2.45, 2.75) is 25.4 Å². The first-order valence-corrected chi connectivity index (χ1v) is 9.13. The molecule has 0 spiro atoms. The molecule has 0 aromatic heterocycles. The predicted octanol–water partition coefficient (Wildman–Crippen LogP) is 2.56. The first-order valence-electron chi connectivity index (χ1n) is 9.13. The van der Waals surface area contributed by atoms with Crippen molar-refractivity contribution in [3.63, 3.8) is 0 Å². The van der Waals surface area contributed by atoms with Crippen LogP contribution in [0.1, 0.15) is 19.3 Å². The maximum atomic E-state index is 12.8. The Kier molecular flexibility index (Phi) is 3.45. The number of anilines is 1. The maximum Gasteiger partial charge on any atom is 0.238 e. The van der Waals surface area contributed by atoms with E-state index in [1.54, 1.807) is 12.1 Å². The van der Waals surface area contributed by atoms with Crippen LogP contribution < -0.4 is 9.64 Å². The first-order chi connectivity index (χ1) is 12.2. The van der Waals surface area contributed by atoms with Crippen LogP contribution in [0.3, 0.4) is 0 Å². The van der Waals surface area contributed by atoms with Gasteiger partial charge in [0.25, 0.3) is 0 Å². The SMILES string of the molecule is O=C1[C@H]2[C@H](C(=O)N1c1ccc(OC[C@@H]3CCCO3)cc1)[C@H]1C=C[C@H]2C1. The minimum Gasteiger partial charge on any atom is -0.491 e. The Bertz CT molecular complexity index is 705. The van der Waals surface area contributed by atoms with Crippen LogP contribution in [-0.2, 0) is 14.3 Å². The molecule has 2 amide bonds. The summed E-state index contributed by atoms with van der Waals surface area (Å²) in [5.74, 6) is 0.826. The molecule has 2 bridgehead atoms. The molecule has 1 saturated carbocycles. The number of hydrogen-bond donors (Lipinski definition) is 0. The largest absolute Gasteiger partial charge is 0.491 e. The fourth-order valence-corrected chi connectivity index (χ4v) is 4.81. The van der Waals surface area contributed by atoms with Crippen LogP contribution in [0, 0.1) is 23.7 Å². The van der Waals surface area contributed by atoms with Gasteiger partial charge in [-0.15, -0.1) is 0 Å². The lowest BCUT2D eigenvalue weighted by Crippen LogP contribution is -2.32. The highest BCUT2D eigenvalue weighted by atomic mass is 16.5. The summed E-state index contributed by atoms with van der Waals surface area (Å²) in [5.41, 5.74) is 0.647. The van der Waals surface area contributed by atoms with Crippen molar-refractivity contribution < 1.29 is 19.1 Å². The standard InChI is InChI=1S/C20H21NO4/c22-19-17-12-3-4-13(10-12)18(17)20(23)21(19)14-5-7-15(8-6-14)25-11-16-2-1-9-24-16/h3-8,12-13,16-18H,1-2,9-11H2/t12-,13-,16-,17+,18+/m0/s1. The number of amides is 2. The second-order valence-electron chi connectivity index (χ2n) is 7.45. The van der Waals surface area contributed by atoms with Gasteiger partial charge in [0, 0.05) is 6.61 Å². The molecule has 1 aromatic carbocycles. The van der Waals surface area contributed by atoms with Gasteiger partial charge in [-0.1, -0.05) is 12.2 Å². The number of carbonyl (C=O) groups is 2. The monoisotopic (exact) mass is 339 g/mol. The summed E-state index contributed by atoms with van der Waals surface area (Å²) < 4.78 is 11.3. The number of ether oxygens (including phenoxy) is 2. The summed E-state index contributed by atoms with van der Waals surface area (Å²) >= 11 is 0. The van der Waals surface area contributed by atoms with E-state index in [1.807, 2.05) is 12.1 Å². The Labute approximate surface area is 146 Å². The highest BCUT2D eigenvalue weighted by Gasteiger charge is 2.59. The second kappa shape index (κ2) is 5.70. The van der Waals surface area contributed by atoms with E-state index in [2.05, 4.69) is 12.2 Å². The van der Waals surface area contributed by atoms with Gasteiger partial charge >= 0.3 is 0 Å². The van der Waals surface area contributed by atoms with E-state index < -0.39 is 0 Å². The van der Waals surface area contributed by atoms with Crippen LogP contribution in [0.4, 0.5) is 5.69 Å². The third-order valence-electron chi connectivity index (χ3n) is 6.03. The Morgan fingerprint density at radius 1 is 1.04 bits per heavy atom. The molecule has 1 aromatic rings. The molecule has 3 fully saturated rings. The minimum atomic E-state index is -0.155. The van der Waals surface area contributed by atoms with Crippen LogP contribution >= 0.6 is 0 Å². The van der Waals surface area contributed by atoms with Crippen LogP contribution in [0.2, 0.25) is 0 Å². The quantitative estimate of drug-likeness (QED) is 0.625. The smallest absolute Gasteiger partial charge is 0.238 e. The van der Waals surface area contributed by atoms with Crippen molar-refractivity contribution in [2.24, 2.45) is 23.7 Å². The van der Waals surface area contributed by atoms with Crippen molar-refractivity contribution >= 4 is 17.5 Å². The van der Waals surface area contributed by atoms with E-state index in [0.29, 0.717) is 12.3 Å². The Hall–Kier alpha value is -2.14. The van der Waals surface area contributed by atoms with Crippen LogP contribution in [0.25, 0.3) is 0 Å². The zero-order valence-corrected chi connectivity index (χ0v) is 14.0. The molecule has 25 heavy (non-hydrogen) atoms. The summed E-state index contributed by atoms with van der Waals surface area (Å²) in [6, 6.07) is 7.26. The predicted molar refractivity (Wildman–Crippen MR) is 91.1 cm³/mol. The van der Waals surface area contributed by atoms with Gasteiger partial charge in [0.15, 0.2) is 0 Å². The fourth-order valence-electron chi connectivity index (χ4n) is 4.81. The third kappa shape index (κ3) is 2.33. The summed E-state index contributed by atoms with van der Waals surface area (Å²) in [7, 11) is 0. The molecule has 0 radical (unpaired) electrons. The lowest BCUT2D eigenvalue weighted by Gasteiger charge is -2.18. The molecule has 130 valence electrons. The fraction of sp³-hybridized carbons (Fsp3) is 0.500. The van der Waals surface area contributed by atoms with Crippen molar-refractivity contribution in [1.82, 2.24) is 0 Å². The number of nitrogens with zero attached hydrogens (tertiary/aromatic N) is 1. The lowest BCUT2D eigenvalue weighted by molar-refractivity contribution is -0.123. The zero-order chi connectivity index (χ0) is 17.0. The second-order valence-corrected chi connectivity index (χ2v) is 7.45. The molecule has 5 heteroatoms. The van der Waals surface area contributed by atoms with Crippen molar-refractivity contribution in [2.75, 3.05) is 18.1 Å². The van der Waals surface area contributed by atoms with Gasteiger partial charge in [0.05, 0.1) is 23.6 Å². The molecule has 2 saturated heterocycles. The summed E-state index contributed by atoms with van der Waals surface area (Å²) in [4.78, 5) is 27.0. The van der Waals surface area contributed by atoms with Gasteiger partial charge < -0.3 is 9.47 Å². The Morgan fingerprint density at radius 2 is 1.72 bits per heavy atom. The number of hydrogen-bond acceptors (Lipinski definition) is 4. The molecule has 2 aliphatic heterocycles. The molecule has 2 aliphatic carbocycles. The van der Waals surface area contributed by atoms with Gasteiger partial charge in [0.1, 0.15) is 12.4 Å². The van der Waals surface area contributed by atoms with Crippen molar-refractivity contribution in [3.8, 4) is 5.75 Å². The molecule has 5 nitrogen and oxygen atoms in total. The number of allylic oxidation sites excluding steroid dienone is 2. The zero-order valence-electron chi connectivity index (χ0n) is 14.0.